The minimum absolute atomic E-state index is 0.588. The minimum Gasteiger partial charge on any atom is -0.496 e. The molecule has 140 valence electrons. The summed E-state index contributed by atoms with van der Waals surface area (Å²) in [6.45, 7) is 0.827. The highest BCUT2D eigenvalue weighted by molar-refractivity contribution is 5.66. The van der Waals surface area contributed by atoms with Gasteiger partial charge in [0.2, 0.25) is 0 Å². The summed E-state index contributed by atoms with van der Waals surface area (Å²) in [5.41, 5.74) is 3.47. The fourth-order valence-electron chi connectivity index (χ4n) is 3.65. The Morgan fingerprint density at radius 2 is 1.73 bits per heavy atom. The fourth-order valence-corrected chi connectivity index (χ4v) is 3.65. The van der Waals surface area contributed by atoms with Gasteiger partial charge in [-0.15, -0.1) is 0 Å². The van der Waals surface area contributed by atoms with Crippen LogP contribution >= 0.6 is 0 Å². The number of pyridine rings is 1. The molecule has 3 N–H and O–H groups in total. The van der Waals surface area contributed by atoms with Crippen LogP contribution in [0.4, 0.5) is 5.82 Å². The van der Waals surface area contributed by atoms with E-state index in [1.807, 2.05) is 19.3 Å². The number of aromatic nitrogens is 1. The molecular formula is C21H30N4O. The molecule has 2 aromatic rings. The SMILES string of the molecule is CNc1ccc(-c2ccc(OC)c(CNC3CCC(NC)CC3)c2)cn1. The Morgan fingerprint density at radius 3 is 2.35 bits per heavy atom. The summed E-state index contributed by atoms with van der Waals surface area (Å²) in [6, 6.07) is 11.7. The average Bonchev–Trinajstić information content (AvgIpc) is 2.72. The van der Waals surface area contributed by atoms with Gasteiger partial charge in [-0.3, -0.25) is 0 Å². The number of nitrogens with one attached hydrogen (secondary N) is 3. The van der Waals surface area contributed by atoms with Gasteiger partial charge in [0.25, 0.3) is 0 Å². The van der Waals surface area contributed by atoms with Crippen LogP contribution in [0.1, 0.15) is 31.2 Å². The van der Waals surface area contributed by atoms with Crippen molar-refractivity contribution in [2.45, 2.75) is 44.3 Å². The smallest absolute Gasteiger partial charge is 0.125 e. The molecule has 1 aromatic carbocycles. The Balaban J connectivity index is 1.69. The van der Waals surface area contributed by atoms with Crippen LogP contribution in [-0.2, 0) is 6.54 Å². The van der Waals surface area contributed by atoms with Gasteiger partial charge in [0.15, 0.2) is 0 Å². The second-order valence-corrected chi connectivity index (χ2v) is 6.93. The molecule has 5 heteroatoms. The zero-order valence-corrected chi connectivity index (χ0v) is 16.0. The van der Waals surface area contributed by atoms with E-state index in [1.165, 1.54) is 31.2 Å². The van der Waals surface area contributed by atoms with Crippen LogP contribution in [0.5, 0.6) is 5.75 Å². The van der Waals surface area contributed by atoms with Crippen LogP contribution < -0.4 is 20.7 Å². The van der Waals surface area contributed by atoms with Crippen molar-refractivity contribution in [3.05, 3.63) is 42.1 Å². The van der Waals surface area contributed by atoms with Crippen LogP contribution in [-0.4, -0.2) is 38.3 Å². The molecule has 0 unspecified atom stereocenters. The molecule has 0 aliphatic heterocycles. The number of nitrogens with zero attached hydrogens (tertiary/aromatic N) is 1. The van der Waals surface area contributed by atoms with Gasteiger partial charge in [0.1, 0.15) is 11.6 Å². The molecule has 1 fully saturated rings. The number of benzene rings is 1. The van der Waals surface area contributed by atoms with Crippen molar-refractivity contribution >= 4 is 5.82 Å². The summed E-state index contributed by atoms with van der Waals surface area (Å²) in [6.07, 6.45) is 6.85. The van der Waals surface area contributed by atoms with Gasteiger partial charge < -0.3 is 20.7 Å². The highest BCUT2D eigenvalue weighted by atomic mass is 16.5. The van der Waals surface area contributed by atoms with Gasteiger partial charge in [0, 0.05) is 43.0 Å². The Kier molecular flexibility index (Phi) is 6.47. The molecule has 26 heavy (non-hydrogen) atoms. The number of anilines is 1. The molecule has 0 saturated heterocycles. The fraction of sp³-hybridized carbons (Fsp3) is 0.476. The second kappa shape index (κ2) is 9.01. The largest absolute Gasteiger partial charge is 0.496 e. The van der Waals surface area contributed by atoms with Gasteiger partial charge in [-0.2, -0.15) is 0 Å². The van der Waals surface area contributed by atoms with Gasteiger partial charge in [-0.1, -0.05) is 6.07 Å². The zero-order chi connectivity index (χ0) is 18.4. The molecule has 0 amide bonds. The van der Waals surface area contributed by atoms with Crippen LogP contribution in [0, 0.1) is 0 Å². The summed E-state index contributed by atoms with van der Waals surface area (Å²) in [7, 11) is 5.68. The first-order valence-corrected chi connectivity index (χ1v) is 9.45. The normalized spacial score (nSPS) is 20.0. The second-order valence-electron chi connectivity index (χ2n) is 6.93. The molecule has 1 heterocycles. The molecule has 0 atom stereocenters. The number of ether oxygens (including phenoxy) is 1. The quantitative estimate of drug-likeness (QED) is 0.711. The predicted octanol–water partition coefficient (Wildman–Crippen LogP) is 3.42. The predicted molar refractivity (Wildman–Crippen MR) is 108 cm³/mol. The summed E-state index contributed by atoms with van der Waals surface area (Å²) >= 11 is 0. The van der Waals surface area contributed by atoms with Gasteiger partial charge >= 0.3 is 0 Å². The number of hydrogen-bond acceptors (Lipinski definition) is 5. The van der Waals surface area contributed by atoms with E-state index in [2.05, 4.69) is 52.2 Å². The molecule has 0 spiro atoms. The lowest BCUT2D eigenvalue weighted by Gasteiger charge is -2.29. The van der Waals surface area contributed by atoms with Crippen LogP contribution in [0.2, 0.25) is 0 Å². The van der Waals surface area contributed by atoms with Crippen molar-refractivity contribution in [3.63, 3.8) is 0 Å². The third-order valence-corrected chi connectivity index (χ3v) is 5.35. The molecule has 5 nitrogen and oxygen atoms in total. The molecule has 1 aromatic heterocycles. The maximum atomic E-state index is 5.57. The minimum atomic E-state index is 0.588. The van der Waals surface area contributed by atoms with Crippen molar-refractivity contribution < 1.29 is 4.74 Å². The van der Waals surface area contributed by atoms with E-state index in [0.29, 0.717) is 12.1 Å². The average molecular weight is 354 g/mol. The number of rotatable bonds is 7. The first-order valence-electron chi connectivity index (χ1n) is 9.45. The molecule has 0 radical (unpaired) electrons. The Labute approximate surface area is 156 Å². The van der Waals surface area contributed by atoms with E-state index in [1.54, 1.807) is 7.11 Å². The van der Waals surface area contributed by atoms with Gasteiger partial charge in [-0.05, 0) is 62.6 Å². The molecular weight excluding hydrogens is 324 g/mol. The van der Waals surface area contributed by atoms with Crippen molar-refractivity contribution in [3.8, 4) is 16.9 Å². The third kappa shape index (κ3) is 4.54. The van der Waals surface area contributed by atoms with Gasteiger partial charge in [-0.25, -0.2) is 4.98 Å². The lowest BCUT2D eigenvalue weighted by Crippen LogP contribution is -2.38. The molecule has 0 bridgehead atoms. The third-order valence-electron chi connectivity index (χ3n) is 5.35. The Bertz CT molecular complexity index is 694. The molecule has 3 rings (SSSR count). The Hall–Kier alpha value is -2.11. The highest BCUT2D eigenvalue weighted by Gasteiger charge is 2.19. The standard InChI is InChI=1S/C21H30N4O/c1-22-18-6-8-19(9-7-18)24-14-17-12-15(4-10-20(17)26-3)16-5-11-21(23-2)25-13-16/h4-5,10-13,18-19,22,24H,6-9,14H2,1-3H3,(H,23,25). The monoisotopic (exact) mass is 354 g/mol. The number of hydrogen-bond donors (Lipinski definition) is 3. The first kappa shape index (κ1) is 18.7. The molecule has 1 aliphatic rings. The van der Waals surface area contributed by atoms with E-state index in [-0.39, 0.29) is 0 Å². The summed E-state index contributed by atoms with van der Waals surface area (Å²) in [4.78, 5) is 4.42. The topological polar surface area (TPSA) is 58.2 Å². The van der Waals surface area contributed by atoms with E-state index in [9.17, 15) is 0 Å². The van der Waals surface area contributed by atoms with Gasteiger partial charge in [0.05, 0.1) is 7.11 Å². The highest BCUT2D eigenvalue weighted by Crippen LogP contribution is 2.27. The molecule has 1 aliphatic carbocycles. The van der Waals surface area contributed by atoms with Crippen LogP contribution in [0.15, 0.2) is 36.5 Å². The van der Waals surface area contributed by atoms with E-state index in [4.69, 9.17) is 4.74 Å². The van der Waals surface area contributed by atoms with Crippen molar-refractivity contribution in [2.24, 2.45) is 0 Å². The summed E-state index contributed by atoms with van der Waals surface area (Å²) in [5, 5.41) is 10.2. The number of methoxy groups -OCH3 is 1. The maximum absolute atomic E-state index is 5.57. The lowest BCUT2D eigenvalue weighted by atomic mass is 9.91. The summed E-state index contributed by atoms with van der Waals surface area (Å²) in [5.74, 6) is 1.81. The van der Waals surface area contributed by atoms with Crippen molar-refractivity contribution in [2.75, 3.05) is 26.5 Å². The van der Waals surface area contributed by atoms with E-state index in [0.717, 1.165) is 29.2 Å². The van der Waals surface area contributed by atoms with E-state index >= 15 is 0 Å². The Morgan fingerprint density at radius 1 is 1.00 bits per heavy atom. The molecule has 1 saturated carbocycles. The lowest BCUT2D eigenvalue weighted by molar-refractivity contribution is 0.315. The zero-order valence-electron chi connectivity index (χ0n) is 16.0. The van der Waals surface area contributed by atoms with E-state index < -0.39 is 0 Å². The maximum Gasteiger partial charge on any atom is 0.125 e. The van der Waals surface area contributed by atoms with Crippen LogP contribution in [0.3, 0.4) is 0 Å². The van der Waals surface area contributed by atoms with Crippen LogP contribution in [0.25, 0.3) is 11.1 Å². The van der Waals surface area contributed by atoms with Crippen molar-refractivity contribution in [1.29, 1.82) is 0 Å². The van der Waals surface area contributed by atoms with Crippen molar-refractivity contribution in [1.82, 2.24) is 15.6 Å². The summed E-state index contributed by atoms with van der Waals surface area (Å²) < 4.78 is 5.57. The first-order chi connectivity index (χ1) is 12.7.